The zero-order chi connectivity index (χ0) is 9.80. The smallest absolute Gasteiger partial charge is 0.166 e. The van der Waals surface area contributed by atoms with Gasteiger partial charge in [0, 0.05) is 12.7 Å². The molecule has 14 heavy (non-hydrogen) atoms. The number of nitrogens with zero attached hydrogens (tertiary/aromatic N) is 1. The molecule has 3 heteroatoms. The molecule has 0 saturated carbocycles. The van der Waals surface area contributed by atoms with Gasteiger partial charge >= 0.3 is 0 Å². The van der Waals surface area contributed by atoms with Gasteiger partial charge in [-0.3, -0.25) is 4.79 Å². The van der Waals surface area contributed by atoms with Crippen molar-refractivity contribution in [1.29, 1.82) is 0 Å². The zero-order valence-electron chi connectivity index (χ0n) is 8.19. The Morgan fingerprint density at radius 1 is 1.50 bits per heavy atom. The minimum absolute atomic E-state index is 0.766. The fourth-order valence-electron chi connectivity index (χ4n) is 1.91. The highest BCUT2D eigenvalue weighted by molar-refractivity contribution is 7.99. The number of carbonyl (C=O) groups is 1. The quantitative estimate of drug-likeness (QED) is 0.713. The molecule has 76 valence electrons. The third kappa shape index (κ3) is 2.21. The first kappa shape index (κ1) is 9.84. The molecule has 1 aromatic heterocycles. The van der Waals surface area contributed by atoms with Crippen LogP contribution in [-0.2, 0) is 6.54 Å². The van der Waals surface area contributed by atoms with Crippen LogP contribution in [-0.4, -0.2) is 22.4 Å². The van der Waals surface area contributed by atoms with E-state index in [0.29, 0.717) is 0 Å². The zero-order valence-corrected chi connectivity index (χ0v) is 9.00. The number of aromatic nitrogens is 1. The second-order valence-corrected chi connectivity index (χ2v) is 4.98. The first-order valence-corrected chi connectivity index (χ1v) is 6.23. The van der Waals surface area contributed by atoms with Gasteiger partial charge in [-0.1, -0.05) is 0 Å². The summed E-state index contributed by atoms with van der Waals surface area (Å²) in [5, 5.41) is 0. The van der Waals surface area contributed by atoms with Gasteiger partial charge in [0.2, 0.25) is 0 Å². The van der Waals surface area contributed by atoms with E-state index < -0.39 is 0 Å². The fraction of sp³-hybridized carbons (Fsp3) is 0.545. The van der Waals surface area contributed by atoms with Crippen LogP contribution in [0.5, 0.6) is 0 Å². The van der Waals surface area contributed by atoms with E-state index in [2.05, 4.69) is 4.57 Å². The Bertz CT molecular complexity index is 302. The maximum atomic E-state index is 10.7. The van der Waals surface area contributed by atoms with E-state index >= 15 is 0 Å². The number of carbonyl (C=O) groups excluding carboxylic acids is 1. The predicted octanol–water partition coefficient (Wildman–Crippen LogP) is 2.44. The van der Waals surface area contributed by atoms with Crippen molar-refractivity contribution in [3.8, 4) is 0 Å². The highest BCUT2D eigenvalue weighted by Gasteiger charge is 2.14. The lowest BCUT2D eigenvalue weighted by Crippen LogP contribution is -2.17. The Balaban J connectivity index is 1.98. The summed E-state index contributed by atoms with van der Waals surface area (Å²) in [6, 6.07) is 3.83. The van der Waals surface area contributed by atoms with E-state index in [4.69, 9.17) is 0 Å². The Kier molecular flexibility index (Phi) is 3.30. The Labute approximate surface area is 88.7 Å². The van der Waals surface area contributed by atoms with Crippen LogP contribution in [0, 0.1) is 5.92 Å². The Hall–Kier alpha value is -0.700. The first-order valence-electron chi connectivity index (χ1n) is 5.08. The van der Waals surface area contributed by atoms with Crippen molar-refractivity contribution < 1.29 is 4.79 Å². The van der Waals surface area contributed by atoms with Crippen molar-refractivity contribution in [2.24, 2.45) is 5.92 Å². The van der Waals surface area contributed by atoms with Gasteiger partial charge in [0.15, 0.2) is 6.29 Å². The first-order chi connectivity index (χ1) is 6.90. The van der Waals surface area contributed by atoms with Crippen LogP contribution in [0.4, 0.5) is 0 Å². The summed E-state index contributed by atoms with van der Waals surface area (Å²) >= 11 is 2.04. The molecular weight excluding hydrogens is 194 g/mol. The monoisotopic (exact) mass is 209 g/mol. The largest absolute Gasteiger partial charge is 0.345 e. The normalized spacial score (nSPS) is 18.3. The van der Waals surface area contributed by atoms with Crippen LogP contribution in [0.1, 0.15) is 23.3 Å². The predicted molar refractivity (Wildman–Crippen MR) is 59.9 cm³/mol. The topological polar surface area (TPSA) is 22.0 Å². The van der Waals surface area contributed by atoms with E-state index in [0.717, 1.165) is 24.4 Å². The minimum Gasteiger partial charge on any atom is -0.345 e. The summed E-state index contributed by atoms with van der Waals surface area (Å²) in [7, 11) is 0. The van der Waals surface area contributed by atoms with Gasteiger partial charge < -0.3 is 4.57 Å². The minimum atomic E-state index is 0.766. The van der Waals surface area contributed by atoms with Crippen LogP contribution in [0.2, 0.25) is 0 Å². The van der Waals surface area contributed by atoms with Gasteiger partial charge in [0.25, 0.3) is 0 Å². The highest BCUT2D eigenvalue weighted by atomic mass is 32.2. The Morgan fingerprint density at radius 3 is 3.00 bits per heavy atom. The second kappa shape index (κ2) is 4.69. The molecule has 0 unspecified atom stereocenters. The third-order valence-corrected chi connectivity index (χ3v) is 3.83. The number of thioether (sulfide) groups is 1. The molecule has 0 radical (unpaired) electrons. The molecular formula is C11H15NOS. The molecule has 0 amide bonds. The molecule has 0 atom stereocenters. The van der Waals surface area contributed by atoms with Crippen LogP contribution in [0.25, 0.3) is 0 Å². The van der Waals surface area contributed by atoms with E-state index in [-0.39, 0.29) is 0 Å². The molecule has 0 bridgehead atoms. The number of rotatable bonds is 3. The molecule has 0 aromatic carbocycles. The van der Waals surface area contributed by atoms with E-state index in [9.17, 15) is 4.79 Å². The molecule has 1 aliphatic heterocycles. The van der Waals surface area contributed by atoms with Crippen molar-refractivity contribution in [1.82, 2.24) is 4.57 Å². The van der Waals surface area contributed by atoms with E-state index in [1.807, 2.05) is 30.1 Å². The highest BCUT2D eigenvalue weighted by Crippen LogP contribution is 2.24. The van der Waals surface area contributed by atoms with E-state index in [1.54, 1.807) is 0 Å². The molecule has 0 N–H and O–H groups in total. The summed E-state index contributed by atoms with van der Waals surface area (Å²) in [4.78, 5) is 10.7. The molecule has 1 saturated heterocycles. The van der Waals surface area contributed by atoms with Crippen molar-refractivity contribution in [3.05, 3.63) is 24.0 Å². The number of hydrogen-bond donors (Lipinski definition) is 0. The lowest BCUT2D eigenvalue weighted by atomic mass is 10.0. The number of hydrogen-bond acceptors (Lipinski definition) is 2. The van der Waals surface area contributed by atoms with Gasteiger partial charge in [-0.05, 0) is 42.4 Å². The maximum absolute atomic E-state index is 10.7. The van der Waals surface area contributed by atoms with Gasteiger partial charge in [-0.15, -0.1) is 0 Å². The van der Waals surface area contributed by atoms with E-state index in [1.165, 1.54) is 24.3 Å². The van der Waals surface area contributed by atoms with Gasteiger partial charge in [0.1, 0.15) is 0 Å². The summed E-state index contributed by atoms with van der Waals surface area (Å²) in [6.45, 7) is 1.02. The fourth-order valence-corrected chi connectivity index (χ4v) is 3.11. The lowest BCUT2D eigenvalue weighted by molar-refractivity contribution is 0.111. The average Bonchev–Trinajstić information content (AvgIpc) is 2.67. The van der Waals surface area contributed by atoms with Crippen molar-refractivity contribution >= 4 is 18.0 Å². The molecule has 0 spiro atoms. The maximum Gasteiger partial charge on any atom is 0.166 e. The molecule has 2 heterocycles. The van der Waals surface area contributed by atoms with Crippen molar-refractivity contribution in [3.63, 3.8) is 0 Å². The third-order valence-electron chi connectivity index (χ3n) is 2.78. The molecule has 2 rings (SSSR count). The summed E-state index contributed by atoms with van der Waals surface area (Å²) in [6.07, 6.45) is 5.53. The standard InChI is InChI=1S/C11H15NOS/c13-9-11-2-1-5-12(11)8-10-3-6-14-7-4-10/h1-2,5,9-10H,3-4,6-8H2. The van der Waals surface area contributed by atoms with Crippen LogP contribution >= 0.6 is 11.8 Å². The van der Waals surface area contributed by atoms with Gasteiger partial charge in [-0.2, -0.15) is 11.8 Å². The average molecular weight is 209 g/mol. The molecule has 2 nitrogen and oxygen atoms in total. The van der Waals surface area contributed by atoms with Crippen LogP contribution < -0.4 is 0 Å². The SMILES string of the molecule is O=Cc1cccn1CC1CCSCC1. The van der Waals surface area contributed by atoms with Crippen LogP contribution in [0.15, 0.2) is 18.3 Å². The van der Waals surface area contributed by atoms with Crippen LogP contribution in [0.3, 0.4) is 0 Å². The molecule has 1 aromatic rings. The Morgan fingerprint density at radius 2 is 2.29 bits per heavy atom. The molecule has 0 aliphatic carbocycles. The molecule has 1 aliphatic rings. The molecule has 1 fully saturated rings. The summed E-state index contributed by atoms with van der Waals surface area (Å²) in [5.74, 6) is 3.33. The summed E-state index contributed by atoms with van der Waals surface area (Å²) in [5.41, 5.74) is 0.809. The number of aldehydes is 1. The van der Waals surface area contributed by atoms with Gasteiger partial charge in [-0.25, -0.2) is 0 Å². The van der Waals surface area contributed by atoms with Crippen molar-refractivity contribution in [2.75, 3.05) is 11.5 Å². The lowest BCUT2D eigenvalue weighted by Gasteiger charge is -2.22. The summed E-state index contributed by atoms with van der Waals surface area (Å²) < 4.78 is 2.08. The van der Waals surface area contributed by atoms with Gasteiger partial charge in [0.05, 0.1) is 5.69 Å². The second-order valence-electron chi connectivity index (χ2n) is 3.76. The van der Waals surface area contributed by atoms with Crippen molar-refractivity contribution in [2.45, 2.75) is 19.4 Å².